The van der Waals surface area contributed by atoms with Crippen LogP contribution in [0.4, 0.5) is 15.8 Å². The van der Waals surface area contributed by atoms with Crippen molar-refractivity contribution in [2.24, 2.45) is 5.92 Å². The zero-order valence-corrected chi connectivity index (χ0v) is 22.1. The van der Waals surface area contributed by atoms with Crippen molar-refractivity contribution >= 4 is 51.1 Å². The molecule has 2 heterocycles. The fraction of sp³-hybridized carbons (Fsp3) is 0.346. The van der Waals surface area contributed by atoms with Crippen LogP contribution in [-0.2, 0) is 0 Å². The molecule has 0 radical (unpaired) electrons. The van der Waals surface area contributed by atoms with E-state index in [0.29, 0.717) is 28.6 Å². The Balaban J connectivity index is 1.69. The molecule has 1 saturated carbocycles. The lowest BCUT2D eigenvalue weighted by atomic mass is 9.83. The molecule has 3 aromatic rings. The van der Waals surface area contributed by atoms with Crippen LogP contribution in [-0.4, -0.2) is 44.1 Å². The van der Waals surface area contributed by atoms with Gasteiger partial charge in [0.1, 0.15) is 10.7 Å². The lowest BCUT2D eigenvalue weighted by molar-refractivity contribution is 0.0697. The second-order valence-electron chi connectivity index (χ2n) is 9.37. The lowest BCUT2D eigenvalue weighted by Gasteiger charge is -2.46. The molecular formula is C26H28ClFN2O4S2. The van der Waals surface area contributed by atoms with E-state index in [1.165, 1.54) is 6.42 Å². The molecule has 6 nitrogen and oxygen atoms in total. The smallest absolute Gasteiger partial charge is 0.348 e. The Morgan fingerprint density at radius 3 is 2.44 bits per heavy atom. The van der Waals surface area contributed by atoms with E-state index < -0.39 is 27.4 Å². The number of benzene rings is 2. The molecule has 0 bridgehead atoms. The van der Waals surface area contributed by atoms with E-state index in [2.05, 4.69) is 4.90 Å². The van der Waals surface area contributed by atoms with Gasteiger partial charge in [0.2, 0.25) is 0 Å². The summed E-state index contributed by atoms with van der Waals surface area (Å²) in [6, 6.07) is 14.1. The summed E-state index contributed by atoms with van der Waals surface area (Å²) in [4.78, 5) is 13.7. The van der Waals surface area contributed by atoms with Crippen LogP contribution >= 0.6 is 33.7 Å². The zero-order valence-electron chi connectivity index (χ0n) is 19.7. The van der Waals surface area contributed by atoms with Gasteiger partial charge in [-0.3, -0.25) is 9.11 Å². The van der Waals surface area contributed by atoms with Crippen molar-refractivity contribution in [1.29, 1.82) is 0 Å². The van der Waals surface area contributed by atoms with Crippen molar-refractivity contribution in [3.8, 4) is 10.4 Å². The number of thiophene rings is 1. The lowest BCUT2D eigenvalue weighted by Crippen LogP contribution is -2.45. The number of carboxylic acid groups (broad SMARTS) is 1. The van der Waals surface area contributed by atoms with Crippen LogP contribution in [0.15, 0.2) is 53.4 Å². The van der Waals surface area contributed by atoms with Gasteiger partial charge in [-0.05, 0) is 49.1 Å². The molecule has 0 spiro atoms. The predicted octanol–water partition coefficient (Wildman–Crippen LogP) is 7.96. The van der Waals surface area contributed by atoms with Gasteiger partial charge in [-0.2, -0.15) is 4.31 Å². The van der Waals surface area contributed by atoms with E-state index in [1.807, 2.05) is 30.3 Å². The molecule has 5 rings (SSSR count). The summed E-state index contributed by atoms with van der Waals surface area (Å²) < 4.78 is 39.4. The highest BCUT2D eigenvalue weighted by Gasteiger charge is 2.41. The van der Waals surface area contributed by atoms with Gasteiger partial charge in [0.05, 0.1) is 15.6 Å². The number of carbonyl (C=O) groups is 1. The first-order chi connectivity index (χ1) is 17.2. The summed E-state index contributed by atoms with van der Waals surface area (Å²) in [5, 5.41) is 9.58. The Morgan fingerprint density at radius 2 is 1.81 bits per heavy atom. The number of rotatable bonds is 4. The number of hydrogen-bond donors (Lipinski definition) is 3. The Hall–Kier alpha value is -2.14. The highest BCUT2D eigenvalue weighted by atomic mass is 35.5. The van der Waals surface area contributed by atoms with Crippen molar-refractivity contribution in [1.82, 2.24) is 4.31 Å². The van der Waals surface area contributed by atoms with E-state index in [1.54, 1.807) is 23.5 Å². The quantitative estimate of drug-likeness (QED) is 0.305. The highest BCUT2D eigenvalue weighted by molar-refractivity contribution is 8.22. The number of fused-ring (bicyclic) bond motifs is 1. The molecule has 0 amide bonds. The maximum Gasteiger partial charge on any atom is 0.348 e. The molecule has 1 aromatic heterocycles. The van der Waals surface area contributed by atoms with Crippen LogP contribution in [0.1, 0.15) is 41.8 Å². The van der Waals surface area contributed by atoms with Crippen molar-refractivity contribution in [2.45, 2.75) is 43.0 Å². The number of hydrogen-bond acceptors (Lipinski definition) is 6. The van der Waals surface area contributed by atoms with Crippen LogP contribution in [0, 0.1) is 11.7 Å². The molecule has 0 saturated heterocycles. The van der Waals surface area contributed by atoms with Gasteiger partial charge >= 0.3 is 5.97 Å². The number of aromatic carboxylic acids is 1. The van der Waals surface area contributed by atoms with E-state index in [4.69, 9.17) is 11.6 Å². The van der Waals surface area contributed by atoms with E-state index in [9.17, 15) is 23.4 Å². The van der Waals surface area contributed by atoms with Crippen LogP contribution in [0.25, 0.3) is 10.4 Å². The molecule has 1 aliphatic heterocycles. The third-order valence-electron chi connectivity index (χ3n) is 7.28. The second kappa shape index (κ2) is 9.96. The number of likely N-dealkylation sites (N-methyl/N-ethyl adjacent to an activating group) is 1. The molecule has 1 unspecified atom stereocenters. The first kappa shape index (κ1) is 25.5. The Kier molecular flexibility index (Phi) is 7.06. The van der Waals surface area contributed by atoms with Gasteiger partial charge < -0.3 is 10.0 Å². The topological polar surface area (TPSA) is 84.2 Å². The van der Waals surface area contributed by atoms with Crippen molar-refractivity contribution in [3.05, 3.63) is 64.2 Å². The van der Waals surface area contributed by atoms with Gasteiger partial charge in [0.25, 0.3) is 0 Å². The van der Waals surface area contributed by atoms with Crippen LogP contribution in [0.5, 0.6) is 0 Å². The van der Waals surface area contributed by atoms with E-state index in [-0.39, 0.29) is 16.0 Å². The van der Waals surface area contributed by atoms with Gasteiger partial charge in [-0.25, -0.2) is 9.18 Å². The molecule has 3 N–H and O–H groups in total. The third-order valence-corrected chi connectivity index (χ3v) is 10.7. The molecular weight excluding hydrogens is 523 g/mol. The standard InChI is InChI=1S/C26H28ClFN2O4S2/c1-29-22(16-8-4-2-5-9-16)15-30(17-10-6-3-7-11-17)21-13-19(27)18(12-24(21)36(29,33)34)23-14-20(28)25(35-23)26(31)32/h3,6-7,10-14,16,22,33-34H,2,4-5,8-9,15H2,1H3,(H,31,32). The molecule has 2 aromatic carbocycles. The highest BCUT2D eigenvalue weighted by Crippen LogP contribution is 2.60. The second-order valence-corrected chi connectivity index (χ2v) is 12.9. The number of carboxylic acids is 1. The summed E-state index contributed by atoms with van der Waals surface area (Å²) in [7, 11) is -1.68. The summed E-state index contributed by atoms with van der Waals surface area (Å²) >= 11 is 7.47. The average molecular weight is 551 g/mol. The Labute approximate surface area is 220 Å². The molecule has 192 valence electrons. The van der Waals surface area contributed by atoms with Crippen LogP contribution < -0.4 is 4.90 Å². The summed E-state index contributed by atoms with van der Waals surface area (Å²) in [6.45, 7) is 0.556. The minimum Gasteiger partial charge on any atom is -0.477 e. The Bertz CT molecular complexity index is 1280. The molecule has 36 heavy (non-hydrogen) atoms. The third kappa shape index (κ3) is 4.53. The van der Waals surface area contributed by atoms with Crippen LogP contribution in [0.3, 0.4) is 0 Å². The Morgan fingerprint density at radius 1 is 1.11 bits per heavy atom. The van der Waals surface area contributed by atoms with Crippen molar-refractivity contribution in [2.75, 3.05) is 18.5 Å². The molecule has 1 fully saturated rings. The number of nitrogens with zero attached hydrogens (tertiary/aromatic N) is 2. The normalized spacial score (nSPS) is 21.6. The predicted molar refractivity (Wildman–Crippen MR) is 144 cm³/mol. The zero-order chi connectivity index (χ0) is 25.6. The fourth-order valence-corrected chi connectivity index (χ4v) is 8.24. The van der Waals surface area contributed by atoms with Gasteiger partial charge in [0, 0.05) is 35.8 Å². The van der Waals surface area contributed by atoms with E-state index >= 15 is 0 Å². The maximum absolute atomic E-state index is 14.3. The minimum atomic E-state index is -3.44. The molecule has 1 atom stereocenters. The molecule has 10 heteroatoms. The molecule has 2 aliphatic rings. The van der Waals surface area contributed by atoms with Crippen LogP contribution in [0.2, 0.25) is 5.02 Å². The fourth-order valence-electron chi connectivity index (χ4n) is 5.37. The minimum absolute atomic E-state index is 0.108. The summed E-state index contributed by atoms with van der Waals surface area (Å²) in [6.07, 6.45) is 5.50. The monoisotopic (exact) mass is 550 g/mol. The number of anilines is 2. The van der Waals surface area contributed by atoms with Gasteiger partial charge in [0.15, 0.2) is 0 Å². The van der Waals surface area contributed by atoms with Gasteiger partial charge in [-0.1, -0.05) is 49.1 Å². The molecule has 1 aliphatic carbocycles. The van der Waals surface area contributed by atoms with E-state index in [0.717, 1.165) is 48.8 Å². The number of halogens is 2. The van der Waals surface area contributed by atoms with Crippen molar-refractivity contribution < 1.29 is 23.4 Å². The first-order valence-electron chi connectivity index (χ1n) is 11.9. The number of para-hydroxylation sites is 1. The largest absolute Gasteiger partial charge is 0.477 e. The van der Waals surface area contributed by atoms with Gasteiger partial charge in [-0.15, -0.1) is 22.1 Å². The first-order valence-corrected chi connectivity index (χ1v) is 14.6. The average Bonchev–Trinajstić information content (AvgIpc) is 3.23. The maximum atomic E-state index is 14.3. The summed E-state index contributed by atoms with van der Waals surface area (Å²) in [5.74, 6) is -1.89. The SMILES string of the molecule is CN1C(C2CCCCC2)CN(c2ccccc2)c2cc(Cl)c(-c3cc(F)c(C(=O)O)s3)cc2S1(O)O. The summed E-state index contributed by atoms with van der Waals surface area (Å²) in [5.41, 5.74) is 1.85. The van der Waals surface area contributed by atoms with Crippen molar-refractivity contribution in [3.63, 3.8) is 0 Å².